The highest BCUT2D eigenvalue weighted by atomic mass is 14.0. The molecule has 0 aromatic carbocycles. The molecular formula is C10H8. The van der Waals surface area contributed by atoms with Crippen LogP contribution in [0.25, 0.3) is 11.1 Å². The van der Waals surface area contributed by atoms with Gasteiger partial charge in [-0.1, -0.05) is 48.5 Å². The van der Waals surface area contributed by atoms with Gasteiger partial charge in [-0.2, -0.15) is 0 Å². The standard InChI is InChI=1S/C10H8/c1-2-5-9-7-4-8-10(9)6-3-1/h1-8H/i5D,6D. The fourth-order valence-corrected chi connectivity index (χ4v) is 0.996. The molecule has 0 unspecified atom stereocenters. The van der Waals surface area contributed by atoms with E-state index in [4.69, 9.17) is 2.74 Å². The van der Waals surface area contributed by atoms with Crippen LogP contribution >= 0.6 is 0 Å². The molecule has 0 aliphatic heterocycles. The Labute approximate surface area is 63.3 Å². The Bertz CT molecular complexity index is 348. The van der Waals surface area contributed by atoms with Crippen LogP contribution in [-0.2, 0) is 0 Å². The van der Waals surface area contributed by atoms with Gasteiger partial charge in [-0.25, -0.2) is 0 Å². The summed E-state index contributed by atoms with van der Waals surface area (Å²) in [7, 11) is 0. The molecule has 0 saturated carbocycles. The van der Waals surface area contributed by atoms with Gasteiger partial charge in [-0.15, -0.1) is 0 Å². The monoisotopic (exact) mass is 130 g/mol. The van der Waals surface area contributed by atoms with Crippen molar-refractivity contribution in [3.05, 3.63) is 48.5 Å². The van der Waals surface area contributed by atoms with Gasteiger partial charge in [0.05, 0.1) is 2.74 Å². The van der Waals surface area contributed by atoms with E-state index in [-0.39, 0.29) is 0 Å². The minimum Gasteiger partial charge on any atom is -0.0622 e. The smallest absolute Gasteiger partial charge is 0.0622 e. The molecule has 0 aromatic heterocycles. The third-order valence-electron chi connectivity index (χ3n) is 1.49. The predicted molar refractivity (Wildman–Crippen MR) is 43.1 cm³/mol. The van der Waals surface area contributed by atoms with Gasteiger partial charge in [0.25, 0.3) is 0 Å². The Morgan fingerprint density at radius 3 is 2.00 bits per heavy atom. The lowest BCUT2D eigenvalue weighted by Gasteiger charge is -1.85. The number of fused-ring (bicyclic) bond motifs is 1. The molecule has 0 amide bonds. The minimum absolute atomic E-state index is 0.480. The summed E-state index contributed by atoms with van der Waals surface area (Å²) in [5.74, 6) is 0. The van der Waals surface area contributed by atoms with Crippen molar-refractivity contribution in [2.45, 2.75) is 0 Å². The van der Waals surface area contributed by atoms with Crippen LogP contribution in [0.3, 0.4) is 0 Å². The maximum atomic E-state index is 7.61. The topological polar surface area (TPSA) is 0 Å². The van der Waals surface area contributed by atoms with Crippen LogP contribution in [0.15, 0.2) is 48.5 Å². The van der Waals surface area contributed by atoms with E-state index in [0.717, 1.165) is 11.1 Å². The van der Waals surface area contributed by atoms with E-state index >= 15 is 0 Å². The van der Waals surface area contributed by atoms with Gasteiger partial charge in [0.15, 0.2) is 0 Å². The van der Waals surface area contributed by atoms with Gasteiger partial charge >= 0.3 is 0 Å². The molecule has 10 heavy (non-hydrogen) atoms. The van der Waals surface area contributed by atoms with Crippen LogP contribution in [0.2, 0.25) is 0 Å². The minimum atomic E-state index is 0.480. The first-order valence-corrected chi connectivity index (χ1v) is 3.24. The third kappa shape index (κ3) is 0.781. The van der Waals surface area contributed by atoms with Gasteiger partial charge in [-0.3, -0.25) is 0 Å². The molecule has 48 valence electrons. The molecule has 0 spiro atoms. The molecule has 0 saturated heterocycles. The summed E-state index contributed by atoms with van der Waals surface area (Å²) >= 11 is 0. The predicted octanol–water partition coefficient (Wildman–Crippen LogP) is 2.79. The summed E-state index contributed by atoms with van der Waals surface area (Å²) in [6, 6.07) is 11.7. The lowest BCUT2D eigenvalue weighted by Crippen LogP contribution is -1.59. The molecular weight excluding hydrogens is 120 g/mol. The second-order valence-corrected chi connectivity index (χ2v) is 2.17. The normalized spacial score (nSPS) is 12.8. The Hall–Kier alpha value is -1.30. The fraction of sp³-hybridized carbons (Fsp3) is 0. The van der Waals surface area contributed by atoms with Gasteiger partial charge in [0, 0.05) is 0 Å². The van der Waals surface area contributed by atoms with E-state index in [9.17, 15) is 0 Å². The third-order valence-corrected chi connectivity index (χ3v) is 1.49. The molecule has 0 nitrogen and oxygen atoms in total. The number of hydrogen-bond acceptors (Lipinski definition) is 0. The van der Waals surface area contributed by atoms with Gasteiger partial charge in [0.2, 0.25) is 0 Å². The zero-order valence-electron chi connectivity index (χ0n) is 7.46. The van der Waals surface area contributed by atoms with Crippen molar-refractivity contribution in [2.24, 2.45) is 0 Å². The number of hydrogen-bond donors (Lipinski definition) is 0. The zero-order chi connectivity index (χ0) is 8.55. The van der Waals surface area contributed by atoms with Crippen molar-refractivity contribution >= 4 is 0 Å². The fourth-order valence-electron chi connectivity index (χ4n) is 0.996. The molecule has 2 aliphatic carbocycles. The van der Waals surface area contributed by atoms with E-state index in [0.29, 0.717) is 12.1 Å². The highest BCUT2D eigenvalue weighted by Gasteiger charge is 1.94. The summed E-state index contributed by atoms with van der Waals surface area (Å²) in [6.45, 7) is 0. The second-order valence-electron chi connectivity index (χ2n) is 2.17. The van der Waals surface area contributed by atoms with Crippen LogP contribution in [0.1, 0.15) is 2.74 Å². The zero-order valence-corrected chi connectivity index (χ0v) is 5.46. The Balaban J connectivity index is 2.82. The van der Waals surface area contributed by atoms with Crippen LogP contribution in [0.4, 0.5) is 0 Å². The van der Waals surface area contributed by atoms with Crippen molar-refractivity contribution in [2.75, 3.05) is 0 Å². The van der Waals surface area contributed by atoms with Crippen molar-refractivity contribution in [1.29, 1.82) is 0 Å². The summed E-state index contributed by atoms with van der Waals surface area (Å²) in [5.41, 5.74) is 1.70. The lowest BCUT2D eigenvalue weighted by atomic mass is 10.2. The molecule has 0 radical (unpaired) electrons. The summed E-state index contributed by atoms with van der Waals surface area (Å²) in [5, 5.41) is 0. The van der Waals surface area contributed by atoms with Crippen molar-refractivity contribution in [3.63, 3.8) is 0 Å². The largest absolute Gasteiger partial charge is 0.0629 e. The first-order chi connectivity index (χ1) is 5.79. The lowest BCUT2D eigenvalue weighted by molar-refractivity contribution is 1.84. The Morgan fingerprint density at radius 2 is 1.40 bits per heavy atom. The molecule has 0 bridgehead atoms. The maximum absolute atomic E-state index is 7.61. The average Bonchev–Trinajstić information content (AvgIpc) is 2.47. The second kappa shape index (κ2) is 2.14. The van der Waals surface area contributed by atoms with Crippen molar-refractivity contribution < 1.29 is 2.74 Å². The number of rotatable bonds is 0. The van der Waals surface area contributed by atoms with Crippen LogP contribution in [0.5, 0.6) is 0 Å². The molecule has 0 atom stereocenters. The van der Waals surface area contributed by atoms with Gasteiger partial charge in [-0.05, 0) is 11.1 Å². The summed E-state index contributed by atoms with van der Waals surface area (Å²) < 4.78 is 15.2. The van der Waals surface area contributed by atoms with Crippen LogP contribution in [0, 0.1) is 0 Å². The van der Waals surface area contributed by atoms with Crippen LogP contribution in [-0.4, -0.2) is 0 Å². The average molecular weight is 130 g/mol. The molecule has 2 rings (SSSR count). The Kier molecular flexibility index (Phi) is 0.808. The van der Waals surface area contributed by atoms with E-state index < -0.39 is 0 Å². The van der Waals surface area contributed by atoms with Crippen molar-refractivity contribution in [3.8, 4) is 11.1 Å². The maximum Gasteiger partial charge on any atom is 0.0629 e. The molecule has 0 heteroatoms. The highest BCUT2D eigenvalue weighted by Crippen LogP contribution is 2.19. The van der Waals surface area contributed by atoms with Crippen LogP contribution < -0.4 is 0 Å². The Morgan fingerprint density at radius 1 is 0.800 bits per heavy atom. The molecule has 0 fully saturated rings. The molecule has 0 N–H and O–H groups in total. The summed E-state index contributed by atoms with van der Waals surface area (Å²) in [6.07, 6.45) is 0. The van der Waals surface area contributed by atoms with E-state index in [2.05, 4.69) is 0 Å². The summed E-state index contributed by atoms with van der Waals surface area (Å²) in [4.78, 5) is 0. The van der Waals surface area contributed by atoms with Gasteiger partial charge in [0.1, 0.15) is 0 Å². The van der Waals surface area contributed by atoms with E-state index in [1.165, 1.54) is 0 Å². The molecule has 0 heterocycles. The first-order valence-electron chi connectivity index (χ1n) is 4.24. The van der Waals surface area contributed by atoms with E-state index in [1.807, 2.05) is 18.2 Å². The molecule has 2 aliphatic rings. The molecule has 0 aromatic rings. The quantitative estimate of drug-likeness (QED) is 0.514. The highest BCUT2D eigenvalue weighted by molar-refractivity contribution is 5.65. The van der Waals surface area contributed by atoms with Gasteiger partial charge < -0.3 is 0 Å². The van der Waals surface area contributed by atoms with Crippen molar-refractivity contribution in [1.82, 2.24) is 0 Å². The SMILES string of the molecule is [2H]c1cccc([2H])c2cccc1-2. The van der Waals surface area contributed by atoms with E-state index in [1.54, 1.807) is 18.2 Å². The first kappa shape index (κ1) is 3.77.